The molecule has 7 nitrogen and oxygen atoms in total. The van der Waals surface area contributed by atoms with E-state index in [1.807, 2.05) is 0 Å². The molecule has 0 bridgehead atoms. The third-order valence-electron chi connectivity index (χ3n) is 3.27. The number of amides is 2. The van der Waals surface area contributed by atoms with Gasteiger partial charge in [0.15, 0.2) is 5.82 Å². The molecule has 0 saturated heterocycles. The number of hydrogen-bond acceptors (Lipinski definition) is 4. The summed E-state index contributed by atoms with van der Waals surface area (Å²) in [7, 11) is 1.73. The van der Waals surface area contributed by atoms with Crippen LogP contribution in [0.15, 0.2) is 36.5 Å². The molecule has 1 aliphatic heterocycles. The van der Waals surface area contributed by atoms with Crippen LogP contribution in [0.5, 0.6) is 5.75 Å². The number of nitrogens with zero attached hydrogens (tertiary/aromatic N) is 2. The minimum Gasteiger partial charge on any atom is -0.466 e. The predicted octanol–water partition coefficient (Wildman–Crippen LogP) is 1.15. The highest BCUT2D eigenvalue weighted by atomic mass is 16.5. The Labute approximate surface area is 120 Å². The Morgan fingerprint density at radius 2 is 2.14 bits per heavy atom. The predicted molar refractivity (Wildman–Crippen MR) is 75.9 cm³/mol. The van der Waals surface area contributed by atoms with Crippen LogP contribution in [0.4, 0.5) is 11.5 Å². The molecule has 0 fully saturated rings. The summed E-state index contributed by atoms with van der Waals surface area (Å²) >= 11 is 0. The van der Waals surface area contributed by atoms with Crippen molar-refractivity contribution in [3.8, 4) is 5.75 Å². The number of hydrogen-bond donors (Lipinski definition) is 2. The first-order valence-electron chi connectivity index (χ1n) is 6.39. The zero-order valence-electron chi connectivity index (χ0n) is 11.6. The van der Waals surface area contributed by atoms with E-state index >= 15 is 0 Å². The molecule has 2 aromatic rings. The van der Waals surface area contributed by atoms with E-state index in [2.05, 4.69) is 15.7 Å². The van der Waals surface area contributed by atoms with Crippen molar-refractivity contribution in [2.24, 2.45) is 7.05 Å². The number of aryl methyl sites for hydroxylation is 1. The summed E-state index contributed by atoms with van der Waals surface area (Å²) in [4.78, 5) is 24.6. The number of anilines is 2. The Kier molecular flexibility index (Phi) is 2.90. The summed E-state index contributed by atoms with van der Waals surface area (Å²) in [5, 5.41) is 9.29. The van der Waals surface area contributed by atoms with E-state index in [0.717, 1.165) is 0 Å². The van der Waals surface area contributed by atoms with Gasteiger partial charge in [0, 0.05) is 19.3 Å². The van der Waals surface area contributed by atoms with Gasteiger partial charge in [-0.3, -0.25) is 14.3 Å². The summed E-state index contributed by atoms with van der Waals surface area (Å²) < 4.78 is 7.16. The van der Waals surface area contributed by atoms with Gasteiger partial charge in [0.2, 0.25) is 0 Å². The van der Waals surface area contributed by atoms with Crippen molar-refractivity contribution in [2.45, 2.75) is 12.5 Å². The van der Waals surface area contributed by atoms with Crippen LogP contribution in [-0.4, -0.2) is 27.2 Å². The molecule has 1 aromatic heterocycles. The Hall–Kier alpha value is -2.83. The molecule has 1 unspecified atom stereocenters. The number of ether oxygens (including phenoxy) is 1. The molecule has 0 spiro atoms. The standard InChI is InChI=1S/C14H14N4O3/c1-14(13(20)16-11-7-8-18(2)17-11)12(19)15-9-5-3-4-6-10(9)21-14/h3-8H,1-2H3,(H,15,19)(H,16,17,20). The van der Waals surface area contributed by atoms with E-state index in [1.165, 1.54) is 6.92 Å². The highest BCUT2D eigenvalue weighted by molar-refractivity contribution is 6.18. The number of nitrogens with one attached hydrogen (secondary N) is 2. The first kappa shape index (κ1) is 13.2. The number of carbonyl (C=O) groups is 2. The second kappa shape index (κ2) is 4.62. The van der Waals surface area contributed by atoms with Crippen LogP contribution in [0.25, 0.3) is 0 Å². The molecule has 2 heterocycles. The molecule has 2 N–H and O–H groups in total. The van der Waals surface area contributed by atoms with Crippen LogP contribution in [0.2, 0.25) is 0 Å². The van der Waals surface area contributed by atoms with Gasteiger partial charge < -0.3 is 15.4 Å². The third-order valence-corrected chi connectivity index (χ3v) is 3.27. The van der Waals surface area contributed by atoms with Gasteiger partial charge >= 0.3 is 0 Å². The highest BCUT2D eigenvalue weighted by Crippen LogP contribution is 2.33. The summed E-state index contributed by atoms with van der Waals surface area (Å²) in [6, 6.07) is 8.59. The zero-order chi connectivity index (χ0) is 15.0. The lowest BCUT2D eigenvalue weighted by Crippen LogP contribution is -2.56. The Morgan fingerprint density at radius 1 is 1.38 bits per heavy atom. The van der Waals surface area contributed by atoms with Crippen LogP contribution in [0.3, 0.4) is 0 Å². The molecule has 1 aromatic carbocycles. The zero-order valence-corrected chi connectivity index (χ0v) is 11.6. The Bertz CT molecular complexity index is 725. The Balaban J connectivity index is 1.86. The Morgan fingerprint density at radius 3 is 2.86 bits per heavy atom. The molecule has 0 aliphatic carbocycles. The number of fused-ring (bicyclic) bond motifs is 1. The molecule has 108 valence electrons. The fraction of sp³-hybridized carbons (Fsp3) is 0.214. The quantitative estimate of drug-likeness (QED) is 0.811. The van der Waals surface area contributed by atoms with Gasteiger partial charge in [-0.15, -0.1) is 0 Å². The van der Waals surface area contributed by atoms with Crippen molar-refractivity contribution < 1.29 is 14.3 Å². The lowest BCUT2D eigenvalue weighted by Gasteiger charge is -2.32. The van der Waals surface area contributed by atoms with E-state index in [9.17, 15) is 9.59 Å². The first-order chi connectivity index (χ1) is 9.99. The second-order valence-electron chi connectivity index (χ2n) is 4.91. The number of rotatable bonds is 2. The van der Waals surface area contributed by atoms with E-state index in [0.29, 0.717) is 17.3 Å². The monoisotopic (exact) mass is 286 g/mol. The van der Waals surface area contributed by atoms with Gasteiger partial charge in [-0.05, 0) is 19.1 Å². The van der Waals surface area contributed by atoms with E-state index in [4.69, 9.17) is 4.74 Å². The molecule has 1 aliphatic rings. The van der Waals surface area contributed by atoms with E-state index < -0.39 is 17.4 Å². The SMILES string of the molecule is Cn1ccc(NC(=O)C2(C)Oc3ccccc3NC2=O)n1. The average molecular weight is 286 g/mol. The largest absolute Gasteiger partial charge is 0.466 e. The van der Waals surface area contributed by atoms with Gasteiger partial charge in [-0.1, -0.05) is 12.1 Å². The second-order valence-corrected chi connectivity index (χ2v) is 4.91. The molecule has 0 radical (unpaired) electrons. The van der Waals surface area contributed by atoms with Crippen molar-refractivity contribution >= 4 is 23.3 Å². The van der Waals surface area contributed by atoms with Crippen LogP contribution in [0, 0.1) is 0 Å². The maximum Gasteiger partial charge on any atom is 0.279 e. The topological polar surface area (TPSA) is 85.3 Å². The van der Waals surface area contributed by atoms with Gasteiger partial charge in [0.25, 0.3) is 17.4 Å². The van der Waals surface area contributed by atoms with Gasteiger partial charge in [-0.2, -0.15) is 5.10 Å². The average Bonchev–Trinajstić information content (AvgIpc) is 2.85. The molecular formula is C14H14N4O3. The summed E-state index contributed by atoms with van der Waals surface area (Å²) in [6.07, 6.45) is 1.69. The molecule has 2 amide bonds. The molecule has 1 atom stereocenters. The van der Waals surface area contributed by atoms with Crippen LogP contribution >= 0.6 is 0 Å². The minimum atomic E-state index is -1.65. The lowest BCUT2D eigenvalue weighted by molar-refractivity contribution is -0.143. The first-order valence-corrected chi connectivity index (χ1v) is 6.39. The van der Waals surface area contributed by atoms with Crippen LogP contribution in [-0.2, 0) is 16.6 Å². The van der Waals surface area contributed by atoms with Crippen LogP contribution < -0.4 is 15.4 Å². The third kappa shape index (κ3) is 2.22. The van der Waals surface area contributed by atoms with E-state index in [1.54, 1.807) is 48.3 Å². The maximum absolute atomic E-state index is 12.4. The van der Waals surface area contributed by atoms with Crippen molar-refractivity contribution in [2.75, 3.05) is 10.6 Å². The van der Waals surface area contributed by atoms with E-state index in [-0.39, 0.29) is 0 Å². The smallest absolute Gasteiger partial charge is 0.279 e. The fourth-order valence-corrected chi connectivity index (χ4v) is 2.03. The molecular weight excluding hydrogens is 272 g/mol. The molecule has 21 heavy (non-hydrogen) atoms. The summed E-state index contributed by atoms with van der Waals surface area (Å²) in [6.45, 7) is 1.43. The van der Waals surface area contributed by atoms with Crippen molar-refractivity contribution in [3.63, 3.8) is 0 Å². The number of aromatic nitrogens is 2. The van der Waals surface area contributed by atoms with Crippen LogP contribution in [0.1, 0.15) is 6.92 Å². The number of carbonyl (C=O) groups excluding carboxylic acids is 2. The molecule has 3 rings (SSSR count). The van der Waals surface area contributed by atoms with Crippen molar-refractivity contribution in [1.29, 1.82) is 0 Å². The number of benzene rings is 1. The maximum atomic E-state index is 12.4. The summed E-state index contributed by atoms with van der Waals surface area (Å²) in [5.41, 5.74) is -1.10. The normalized spacial score (nSPS) is 20.2. The number of para-hydroxylation sites is 2. The summed E-state index contributed by atoms with van der Waals surface area (Å²) in [5.74, 6) is -0.280. The molecule has 7 heteroatoms. The van der Waals surface area contributed by atoms with Gasteiger partial charge in [0.05, 0.1) is 5.69 Å². The minimum absolute atomic E-state index is 0.360. The lowest BCUT2D eigenvalue weighted by atomic mass is 10.0. The van der Waals surface area contributed by atoms with Gasteiger partial charge in [0.1, 0.15) is 5.75 Å². The van der Waals surface area contributed by atoms with Crippen molar-refractivity contribution in [1.82, 2.24) is 9.78 Å². The highest BCUT2D eigenvalue weighted by Gasteiger charge is 2.47. The fourth-order valence-electron chi connectivity index (χ4n) is 2.03. The van der Waals surface area contributed by atoms with Gasteiger partial charge in [-0.25, -0.2) is 0 Å². The van der Waals surface area contributed by atoms with Crippen molar-refractivity contribution in [3.05, 3.63) is 36.5 Å². The molecule has 0 saturated carbocycles.